The molecule has 1 N–H and O–H groups in total. The maximum absolute atomic E-state index is 9.98. The predicted molar refractivity (Wildman–Crippen MR) is 112 cm³/mol. The molecule has 2 fully saturated rings. The van der Waals surface area contributed by atoms with Crippen LogP contribution in [0.25, 0.3) is 0 Å². The fraction of sp³-hybridized carbons (Fsp3) is 0.455. The number of piperidine rings is 1. The molecule has 2 aromatic carbocycles. The summed E-state index contributed by atoms with van der Waals surface area (Å²) in [5.41, 5.74) is 2.21. The van der Waals surface area contributed by atoms with E-state index in [2.05, 4.69) is 24.0 Å². The molecule has 1 saturated carbocycles. The summed E-state index contributed by atoms with van der Waals surface area (Å²) >= 11 is 12.4. The van der Waals surface area contributed by atoms with E-state index in [9.17, 15) is 5.11 Å². The number of hydrogen-bond acceptors (Lipinski definition) is 4. The van der Waals surface area contributed by atoms with Crippen LogP contribution in [0.1, 0.15) is 18.1 Å². The van der Waals surface area contributed by atoms with Crippen LogP contribution in [0.2, 0.25) is 10.0 Å². The highest BCUT2D eigenvalue weighted by molar-refractivity contribution is 6.42. The largest absolute Gasteiger partial charge is 0.497 e. The van der Waals surface area contributed by atoms with Gasteiger partial charge in [0.2, 0.25) is 0 Å². The molecule has 1 saturated heterocycles. The lowest BCUT2D eigenvalue weighted by Gasteiger charge is -2.32. The lowest BCUT2D eigenvalue weighted by atomic mass is 9.86. The Balaban J connectivity index is 1.62. The molecule has 2 aliphatic rings. The smallest absolute Gasteiger partial charge is 0.127 e. The average molecular weight is 422 g/mol. The Hall–Kier alpha value is -1.46. The van der Waals surface area contributed by atoms with Crippen LogP contribution in [-0.4, -0.2) is 43.4 Å². The van der Waals surface area contributed by atoms with Gasteiger partial charge in [-0.2, -0.15) is 0 Å². The molecule has 4 rings (SSSR count). The first-order valence-corrected chi connectivity index (χ1v) is 10.2. The highest BCUT2D eigenvalue weighted by Gasteiger charge is 2.72. The van der Waals surface area contributed by atoms with Crippen molar-refractivity contribution < 1.29 is 14.6 Å². The van der Waals surface area contributed by atoms with Gasteiger partial charge in [-0.05, 0) is 42.5 Å². The summed E-state index contributed by atoms with van der Waals surface area (Å²) in [6, 6.07) is 12.1. The summed E-state index contributed by atoms with van der Waals surface area (Å²) in [6.07, 6.45) is 0. The molecule has 0 unspecified atom stereocenters. The number of hydrogen-bond donors (Lipinski definition) is 1. The lowest BCUT2D eigenvalue weighted by molar-refractivity contribution is 0.164. The predicted octanol–water partition coefficient (Wildman–Crippen LogP) is 4.39. The standard InChI is InChI=1S/C22H25Cl2NO3/c1-13-22(15-5-7-19(23)20(24)8-15)17(18(22)12-26)11-25(13)10-14-4-6-16(27-2)9-21(14)28-3/h4-9,13,17-18,26H,10-12H2,1-3H3/t13-,17+,18+,22-/m0/s1. The van der Waals surface area contributed by atoms with Crippen LogP contribution < -0.4 is 9.47 Å². The minimum atomic E-state index is -0.0807. The Morgan fingerprint density at radius 1 is 1.11 bits per heavy atom. The van der Waals surface area contributed by atoms with Crippen molar-refractivity contribution in [3.63, 3.8) is 0 Å². The van der Waals surface area contributed by atoms with E-state index in [-0.39, 0.29) is 24.0 Å². The first-order valence-electron chi connectivity index (χ1n) is 9.48. The maximum atomic E-state index is 9.98. The summed E-state index contributed by atoms with van der Waals surface area (Å²) in [6.45, 7) is 4.15. The van der Waals surface area contributed by atoms with Crippen LogP contribution in [0.3, 0.4) is 0 Å². The zero-order valence-electron chi connectivity index (χ0n) is 16.3. The summed E-state index contributed by atoms with van der Waals surface area (Å²) in [5.74, 6) is 2.28. The Bertz CT molecular complexity index is 890. The molecular weight excluding hydrogens is 397 g/mol. The summed E-state index contributed by atoms with van der Waals surface area (Å²) in [5, 5.41) is 11.1. The molecule has 1 aliphatic carbocycles. The second-order valence-corrected chi connectivity index (χ2v) is 8.56. The van der Waals surface area contributed by atoms with Crippen LogP contribution in [0, 0.1) is 11.8 Å². The fourth-order valence-electron chi connectivity index (χ4n) is 5.29. The molecule has 28 heavy (non-hydrogen) atoms. The number of aliphatic hydroxyl groups is 1. The van der Waals surface area contributed by atoms with Gasteiger partial charge < -0.3 is 14.6 Å². The van der Waals surface area contributed by atoms with Crippen molar-refractivity contribution in [2.45, 2.75) is 24.9 Å². The third-order valence-corrected chi connectivity index (χ3v) is 7.50. The third-order valence-electron chi connectivity index (χ3n) is 6.76. The number of aliphatic hydroxyl groups excluding tert-OH is 1. The summed E-state index contributed by atoms with van der Waals surface area (Å²) in [7, 11) is 3.34. The summed E-state index contributed by atoms with van der Waals surface area (Å²) < 4.78 is 10.9. The van der Waals surface area contributed by atoms with Crippen molar-refractivity contribution in [3.8, 4) is 11.5 Å². The second-order valence-electron chi connectivity index (χ2n) is 7.74. The number of benzene rings is 2. The minimum absolute atomic E-state index is 0.0807. The zero-order chi connectivity index (χ0) is 20.1. The molecule has 150 valence electrons. The van der Waals surface area contributed by atoms with E-state index in [1.807, 2.05) is 24.3 Å². The first kappa shape index (κ1) is 19.8. The molecule has 2 aromatic rings. The zero-order valence-corrected chi connectivity index (χ0v) is 17.8. The molecule has 4 atom stereocenters. The number of halogens is 2. The van der Waals surface area contributed by atoms with Gasteiger partial charge in [-0.1, -0.05) is 35.3 Å². The molecule has 0 radical (unpaired) electrons. The van der Waals surface area contributed by atoms with E-state index in [1.165, 1.54) is 5.56 Å². The van der Waals surface area contributed by atoms with Crippen LogP contribution in [0.15, 0.2) is 36.4 Å². The Labute approximate surface area is 176 Å². The van der Waals surface area contributed by atoms with Gasteiger partial charge in [0.25, 0.3) is 0 Å². The van der Waals surface area contributed by atoms with Gasteiger partial charge in [-0.15, -0.1) is 0 Å². The molecule has 0 aromatic heterocycles. The number of ether oxygens (including phenoxy) is 2. The van der Waals surface area contributed by atoms with Gasteiger partial charge in [-0.25, -0.2) is 0 Å². The van der Waals surface area contributed by atoms with Crippen molar-refractivity contribution >= 4 is 23.2 Å². The molecule has 4 nitrogen and oxygen atoms in total. The number of nitrogens with zero attached hydrogens (tertiary/aromatic N) is 1. The molecule has 6 heteroatoms. The topological polar surface area (TPSA) is 41.9 Å². The van der Waals surface area contributed by atoms with Crippen molar-refractivity contribution in [1.29, 1.82) is 0 Å². The quantitative estimate of drug-likeness (QED) is 0.750. The van der Waals surface area contributed by atoms with Gasteiger partial charge in [-0.3, -0.25) is 4.90 Å². The maximum Gasteiger partial charge on any atom is 0.127 e. The number of likely N-dealkylation sites (tertiary alicyclic amines) is 1. The van der Waals surface area contributed by atoms with Crippen molar-refractivity contribution in [1.82, 2.24) is 4.90 Å². The van der Waals surface area contributed by atoms with Crippen molar-refractivity contribution in [3.05, 3.63) is 57.6 Å². The Kier molecular flexibility index (Phi) is 5.25. The SMILES string of the molecule is COc1ccc(CN2C[C@@H]3[C@@H](CO)[C@]3(c3ccc(Cl)c(Cl)c3)[C@@H]2C)c(OC)c1. The van der Waals surface area contributed by atoms with Crippen LogP contribution in [0.4, 0.5) is 0 Å². The van der Waals surface area contributed by atoms with Gasteiger partial charge in [0.05, 0.1) is 24.3 Å². The second kappa shape index (κ2) is 7.42. The molecule has 0 amide bonds. The Morgan fingerprint density at radius 3 is 2.54 bits per heavy atom. The van der Waals surface area contributed by atoms with Crippen molar-refractivity contribution in [2.24, 2.45) is 11.8 Å². The molecule has 0 bridgehead atoms. The normalized spacial score (nSPS) is 28.9. The molecule has 1 aliphatic heterocycles. The van der Waals surface area contributed by atoms with Crippen LogP contribution in [-0.2, 0) is 12.0 Å². The van der Waals surface area contributed by atoms with Crippen LogP contribution in [0.5, 0.6) is 11.5 Å². The van der Waals surface area contributed by atoms with Crippen molar-refractivity contribution in [2.75, 3.05) is 27.4 Å². The monoisotopic (exact) mass is 421 g/mol. The van der Waals surface area contributed by atoms with E-state index >= 15 is 0 Å². The lowest BCUT2D eigenvalue weighted by Crippen LogP contribution is -2.38. The van der Waals surface area contributed by atoms with E-state index in [1.54, 1.807) is 14.2 Å². The van der Waals surface area contributed by atoms with Gasteiger partial charge in [0.15, 0.2) is 0 Å². The highest BCUT2D eigenvalue weighted by atomic mass is 35.5. The molecule has 1 heterocycles. The van der Waals surface area contributed by atoms with E-state index in [0.29, 0.717) is 16.0 Å². The number of fused-ring (bicyclic) bond motifs is 1. The van der Waals surface area contributed by atoms with E-state index in [4.69, 9.17) is 32.7 Å². The number of methoxy groups -OCH3 is 2. The first-order chi connectivity index (χ1) is 13.5. The molecule has 0 spiro atoms. The summed E-state index contributed by atoms with van der Waals surface area (Å²) in [4.78, 5) is 2.46. The van der Waals surface area contributed by atoms with E-state index < -0.39 is 0 Å². The molecular formula is C22H25Cl2NO3. The Morgan fingerprint density at radius 2 is 1.89 bits per heavy atom. The highest BCUT2D eigenvalue weighted by Crippen LogP contribution is 2.67. The minimum Gasteiger partial charge on any atom is -0.497 e. The van der Waals surface area contributed by atoms with Crippen LogP contribution >= 0.6 is 23.2 Å². The van der Waals surface area contributed by atoms with Gasteiger partial charge in [0, 0.05) is 42.8 Å². The van der Waals surface area contributed by atoms with E-state index in [0.717, 1.165) is 30.2 Å². The average Bonchev–Trinajstić information content (AvgIpc) is 3.27. The van der Waals surface area contributed by atoms with Gasteiger partial charge in [0.1, 0.15) is 11.5 Å². The van der Waals surface area contributed by atoms with Gasteiger partial charge >= 0.3 is 0 Å². The number of rotatable bonds is 6. The third kappa shape index (κ3) is 2.89. The fourth-order valence-corrected chi connectivity index (χ4v) is 5.59.